The van der Waals surface area contributed by atoms with Gasteiger partial charge in [-0.2, -0.15) is 0 Å². The van der Waals surface area contributed by atoms with E-state index < -0.39 is 0 Å². The molecule has 0 fully saturated rings. The van der Waals surface area contributed by atoms with Crippen molar-refractivity contribution in [1.82, 2.24) is 5.32 Å². The summed E-state index contributed by atoms with van der Waals surface area (Å²) < 4.78 is 5.11. The van der Waals surface area contributed by atoms with Crippen molar-refractivity contribution in [3.05, 3.63) is 20.9 Å². The Balaban J connectivity index is 2.19. The number of carbonyl (C=O) groups is 2. The zero-order valence-corrected chi connectivity index (χ0v) is 12.3. The maximum absolute atomic E-state index is 12.1. The topological polar surface area (TPSA) is 75.6 Å². The third-order valence-electron chi connectivity index (χ3n) is 3.23. The van der Waals surface area contributed by atoms with Gasteiger partial charge in [-0.1, -0.05) is 0 Å². The predicted molar refractivity (Wildman–Crippen MR) is 76.1 cm³/mol. The first kappa shape index (κ1) is 15.0. The van der Waals surface area contributed by atoms with Crippen molar-refractivity contribution in [2.75, 3.05) is 19.8 Å². The van der Waals surface area contributed by atoms with E-state index in [1.807, 2.05) is 0 Å². The van der Waals surface area contributed by atoms with Crippen LogP contribution in [-0.4, -0.2) is 36.7 Å². The van der Waals surface area contributed by atoms with Crippen LogP contribution in [0.25, 0.3) is 0 Å². The minimum atomic E-state index is -0.322. The monoisotopic (exact) mass is 297 g/mol. The van der Waals surface area contributed by atoms with Gasteiger partial charge >= 0.3 is 5.97 Å². The summed E-state index contributed by atoms with van der Waals surface area (Å²) in [5.74, 6) is -0.499. The Morgan fingerprint density at radius 2 is 2.20 bits per heavy atom. The predicted octanol–water partition coefficient (Wildman–Crippen LogP) is 1.06. The summed E-state index contributed by atoms with van der Waals surface area (Å²) in [7, 11) is 0. The molecule has 0 aliphatic heterocycles. The highest BCUT2D eigenvalue weighted by molar-refractivity contribution is 7.12. The number of hydrogen-bond donors (Lipinski definition) is 2. The zero-order chi connectivity index (χ0) is 14.5. The zero-order valence-electron chi connectivity index (χ0n) is 11.5. The maximum Gasteiger partial charge on any atom is 0.339 e. The second-order valence-corrected chi connectivity index (χ2v) is 5.82. The van der Waals surface area contributed by atoms with Crippen LogP contribution < -0.4 is 5.32 Å². The second kappa shape index (κ2) is 6.85. The molecule has 0 spiro atoms. The van der Waals surface area contributed by atoms with Crippen molar-refractivity contribution in [3.8, 4) is 0 Å². The first-order chi connectivity index (χ1) is 9.67. The van der Waals surface area contributed by atoms with Crippen LogP contribution in [0.2, 0.25) is 0 Å². The number of carbonyl (C=O) groups excluding carboxylic acids is 2. The van der Waals surface area contributed by atoms with Gasteiger partial charge in [-0.25, -0.2) is 4.79 Å². The number of thiophene rings is 1. The van der Waals surface area contributed by atoms with Crippen LogP contribution in [0.3, 0.4) is 0 Å². The highest BCUT2D eigenvalue weighted by Crippen LogP contribution is 2.36. The molecule has 0 bridgehead atoms. The number of ether oxygens (including phenoxy) is 1. The number of amides is 1. The van der Waals surface area contributed by atoms with E-state index >= 15 is 0 Å². The number of aryl methyl sites for hydroxylation is 1. The van der Waals surface area contributed by atoms with E-state index in [0.717, 1.165) is 29.7 Å². The van der Waals surface area contributed by atoms with Crippen LogP contribution in [0.1, 0.15) is 39.0 Å². The minimum absolute atomic E-state index is 0.0859. The molecule has 1 aliphatic carbocycles. The second-order valence-electron chi connectivity index (χ2n) is 4.63. The van der Waals surface area contributed by atoms with Crippen LogP contribution in [-0.2, 0) is 28.8 Å². The fraction of sp³-hybridized carbons (Fsp3) is 0.571. The first-order valence-electron chi connectivity index (χ1n) is 6.85. The molecule has 5 nitrogen and oxygen atoms in total. The van der Waals surface area contributed by atoms with Gasteiger partial charge in [-0.3, -0.25) is 4.79 Å². The van der Waals surface area contributed by atoms with Crippen LogP contribution in [0.15, 0.2) is 0 Å². The van der Waals surface area contributed by atoms with Gasteiger partial charge in [-0.05, 0) is 31.7 Å². The summed E-state index contributed by atoms with van der Waals surface area (Å²) in [5, 5.41) is 11.3. The lowest BCUT2D eigenvalue weighted by Crippen LogP contribution is -2.28. The van der Waals surface area contributed by atoms with Crippen molar-refractivity contribution < 1.29 is 19.4 Å². The molecule has 0 saturated heterocycles. The average molecular weight is 297 g/mol. The molecule has 1 aromatic heterocycles. The Morgan fingerprint density at radius 3 is 2.90 bits per heavy atom. The van der Waals surface area contributed by atoms with Crippen molar-refractivity contribution in [1.29, 1.82) is 0 Å². The minimum Gasteiger partial charge on any atom is -0.462 e. The molecular formula is C14H19NO4S. The fourth-order valence-corrected chi connectivity index (χ4v) is 3.81. The molecule has 0 radical (unpaired) electrons. The van der Waals surface area contributed by atoms with Crippen molar-refractivity contribution in [3.63, 3.8) is 0 Å². The number of hydrogen-bond acceptors (Lipinski definition) is 5. The molecule has 0 saturated carbocycles. The van der Waals surface area contributed by atoms with Crippen LogP contribution >= 0.6 is 11.3 Å². The molecule has 1 aliphatic rings. The first-order valence-corrected chi connectivity index (χ1v) is 7.67. The summed E-state index contributed by atoms with van der Waals surface area (Å²) in [5.41, 5.74) is 1.67. The van der Waals surface area contributed by atoms with E-state index in [1.165, 1.54) is 4.88 Å². The molecule has 0 aromatic carbocycles. The Bertz CT molecular complexity index is 510. The normalized spacial score (nSPS) is 13.1. The van der Waals surface area contributed by atoms with Crippen LogP contribution in [0.4, 0.5) is 0 Å². The van der Waals surface area contributed by atoms with Gasteiger partial charge in [0.15, 0.2) is 0 Å². The number of aliphatic hydroxyl groups is 1. The van der Waals surface area contributed by atoms with E-state index in [1.54, 1.807) is 18.3 Å². The summed E-state index contributed by atoms with van der Waals surface area (Å²) in [6.07, 6.45) is 3.10. The summed E-state index contributed by atoms with van der Waals surface area (Å²) in [4.78, 5) is 25.8. The smallest absolute Gasteiger partial charge is 0.339 e. The molecule has 1 heterocycles. The SMILES string of the molecule is CCOC(=O)c1c(CC(=O)NCCO)sc2c1CCC2. The Kier molecular flexibility index (Phi) is 5.14. The molecule has 6 heteroatoms. The molecule has 1 aromatic rings. The Hall–Kier alpha value is -1.40. The van der Waals surface area contributed by atoms with E-state index in [2.05, 4.69) is 5.32 Å². The molecule has 2 rings (SSSR count). The number of aliphatic hydroxyl groups excluding tert-OH is 1. The summed E-state index contributed by atoms with van der Waals surface area (Å²) in [6, 6.07) is 0. The van der Waals surface area contributed by atoms with Gasteiger partial charge < -0.3 is 15.2 Å². The summed E-state index contributed by atoms with van der Waals surface area (Å²) >= 11 is 1.54. The molecule has 2 N–H and O–H groups in total. The van der Waals surface area contributed by atoms with Crippen LogP contribution in [0.5, 0.6) is 0 Å². The van der Waals surface area contributed by atoms with E-state index in [0.29, 0.717) is 12.2 Å². The molecule has 1 amide bonds. The Labute approximate surface area is 121 Å². The lowest BCUT2D eigenvalue weighted by Gasteiger charge is -2.06. The lowest BCUT2D eigenvalue weighted by atomic mass is 10.1. The quantitative estimate of drug-likeness (QED) is 0.770. The highest BCUT2D eigenvalue weighted by Gasteiger charge is 2.28. The number of fused-ring (bicyclic) bond motifs is 1. The number of nitrogens with one attached hydrogen (secondary N) is 1. The average Bonchev–Trinajstić information content (AvgIpc) is 2.96. The molecule has 0 unspecified atom stereocenters. The van der Waals surface area contributed by atoms with E-state index in [9.17, 15) is 9.59 Å². The largest absolute Gasteiger partial charge is 0.462 e. The van der Waals surface area contributed by atoms with Gasteiger partial charge in [0.05, 0.1) is 25.2 Å². The molecular weight excluding hydrogens is 278 g/mol. The lowest BCUT2D eigenvalue weighted by molar-refractivity contribution is -0.120. The van der Waals surface area contributed by atoms with Gasteiger partial charge in [-0.15, -0.1) is 11.3 Å². The van der Waals surface area contributed by atoms with Crippen molar-refractivity contribution in [2.45, 2.75) is 32.6 Å². The highest BCUT2D eigenvalue weighted by atomic mass is 32.1. The third kappa shape index (κ3) is 3.19. The Morgan fingerprint density at radius 1 is 1.40 bits per heavy atom. The van der Waals surface area contributed by atoms with Crippen molar-refractivity contribution >= 4 is 23.2 Å². The third-order valence-corrected chi connectivity index (χ3v) is 4.52. The van der Waals surface area contributed by atoms with Gasteiger partial charge in [0.1, 0.15) is 0 Å². The number of rotatable bonds is 6. The molecule has 20 heavy (non-hydrogen) atoms. The molecule has 110 valence electrons. The van der Waals surface area contributed by atoms with Crippen molar-refractivity contribution in [2.24, 2.45) is 0 Å². The summed E-state index contributed by atoms with van der Waals surface area (Å²) in [6.45, 7) is 2.26. The molecule has 0 atom stereocenters. The number of esters is 1. The maximum atomic E-state index is 12.1. The van der Waals surface area contributed by atoms with Gasteiger partial charge in [0.2, 0.25) is 5.91 Å². The van der Waals surface area contributed by atoms with E-state index in [-0.39, 0.29) is 31.4 Å². The van der Waals surface area contributed by atoms with Gasteiger partial charge in [0, 0.05) is 16.3 Å². The van der Waals surface area contributed by atoms with E-state index in [4.69, 9.17) is 9.84 Å². The van der Waals surface area contributed by atoms with Gasteiger partial charge in [0.25, 0.3) is 0 Å². The fourth-order valence-electron chi connectivity index (χ4n) is 2.43. The van der Waals surface area contributed by atoms with Crippen LogP contribution in [0, 0.1) is 0 Å². The standard InChI is InChI=1S/C14H19NO4S/c1-2-19-14(18)13-9-4-3-5-10(9)20-11(13)8-12(17)15-6-7-16/h16H,2-8H2,1H3,(H,15,17).